The molecule has 4 aromatic rings. The van der Waals surface area contributed by atoms with Crippen LogP contribution >= 0.6 is 0 Å². The first-order valence-electron chi connectivity index (χ1n) is 17.1. The van der Waals surface area contributed by atoms with Crippen molar-refractivity contribution in [3.8, 4) is 0 Å². The molecule has 1 aliphatic heterocycles. The van der Waals surface area contributed by atoms with Crippen molar-refractivity contribution in [1.29, 1.82) is 0 Å². The molecule has 50 heavy (non-hydrogen) atoms. The Hall–Kier alpha value is -5.40. The van der Waals surface area contributed by atoms with Gasteiger partial charge in [0.25, 0.3) is 0 Å². The standard InChI is InChI=1S/C36H46N10O4/c1-23(2)15-31-35(49)39-29(17-25-11-7-5-8-12-25)33(47)38-20-28-22-46(44-42-28)32(16-24(3)4)36(50)40-30(18-26-13-9-6-10-14-26)34(48)37-19-27-21-45(31)43-41-27/h5-14,21-24,29-32H,15-20H2,1-4H3,(H,37,48)(H,38,47)(H,39,49)(H,40,50)/t29-,30-,31+,32+/m0/s1. The number of fused-ring (bicyclic) bond motifs is 4. The number of rotatable bonds is 8. The van der Waals surface area contributed by atoms with Crippen LogP contribution in [0, 0.1) is 11.8 Å². The number of nitrogens with zero attached hydrogens (tertiary/aromatic N) is 6. The molecule has 0 fully saturated rings. The summed E-state index contributed by atoms with van der Waals surface area (Å²) in [7, 11) is 0. The second-order valence-electron chi connectivity index (χ2n) is 13.6. The molecule has 3 heterocycles. The van der Waals surface area contributed by atoms with Crippen molar-refractivity contribution >= 4 is 23.6 Å². The molecular weight excluding hydrogens is 636 g/mol. The Bertz CT molecular complexity index is 1610. The third-order valence-electron chi connectivity index (χ3n) is 8.47. The van der Waals surface area contributed by atoms with Crippen LogP contribution < -0.4 is 21.3 Å². The predicted octanol–water partition coefficient (Wildman–Crippen LogP) is 2.45. The van der Waals surface area contributed by atoms with E-state index in [2.05, 4.69) is 41.9 Å². The quantitative estimate of drug-likeness (QED) is 0.219. The summed E-state index contributed by atoms with van der Waals surface area (Å²) in [5.74, 6) is -1.30. The number of aromatic nitrogens is 6. The van der Waals surface area contributed by atoms with Crippen molar-refractivity contribution in [3.63, 3.8) is 0 Å². The normalized spacial score (nSPS) is 20.9. The Kier molecular flexibility index (Phi) is 12.1. The third-order valence-corrected chi connectivity index (χ3v) is 8.47. The van der Waals surface area contributed by atoms with Gasteiger partial charge in [-0.3, -0.25) is 19.2 Å². The van der Waals surface area contributed by atoms with Gasteiger partial charge in [0.15, 0.2) is 0 Å². The van der Waals surface area contributed by atoms with Crippen LogP contribution in [0.3, 0.4) is 0 Å². The van der Waals surface area contributed by atoms with E-state index < -0.39 is 36.0 Å². The van der Waals surface area contributed by atoms with Crippen LogP contribution in [0.25, 0.3) is 0 Å². The number of benzene rings is 2. The number of carbonyl (C=O) groups is 4. The minimum atomic E-state index is -0.900. The molecule has 4 amide bonds. The number of amides is 4. The maximum Gasteiger partial charge on any atom is 0.245 e. The van der Waals surface area contributed by atoms with Gasteiger partial charge in [0, 0.05) is 12.8 Å². The van der Waals surface area contributed by atoms with Crippen LogP contribution in [0.2, 0.25) is 0 Å². The first-order chi connectivity index (χ1) is 24.0. The van der Waals surface area contributed by atoms with E-state index in [1.54, 1.807) is 12.4 Å². The van der Waals surface area contributed by atoms with Gasteiger partial charge in [0.1, 0.15) is 35.6 Å². The summed E-state index contributed by atoms with van der Waals surface area (Å²) in [6.45, 7) is 8.04. The summed E-state index contributed by atoms with van der Waals surface area (Å²) in [5, 5.41) is 28.7. The van der Waals surface area contributed by atoms with Gasteiger partial charge in [0.05, 0.1) is 25.5 Å². The second-order valence-corrected chi connectivity index (χ2v) is 13.6. The summed E-state index contributed by atoms with van der Waals surface area (Å²) in [6, 6.07) is 15.6. The Morgan fingerprint density at radius 3 is 1.34 bits per heavy atom. The van der Waals surface area contributed by atoms with Gasteiger partial charge < -0.3 is 21.3 Å². The van der Waals surface area contributed by atoms with Crippen LogP contribution in [-0.2, 0) is 45.1 Å². The molecule has 14 nitrogen and oxygen atoms in total. The van der Waals surface area contributed by atoms with E-state index in [9.17, 15) is 19.2 Å². The molecule has 5 rings (SSSR count). The largest absolute Gasteiger partial charge is 0.349 e. The van der Waals surface area contributed by atoms with Gasteiger partial charge in [-0.2, -0.15) is 0 Å². The zero-order chi connectivity index (χ0) is 35.6. The van der Waals surface area contributed by atoms with Gasteiger partial charge in [-0.1, -0.05) is 98.8 Å². The van der Waals surface area contributed by atoms with Crippen molar-refractivity contribution in [2.75, 3.05) is 0 Å². The number of carbonyl (C=O) groups excluding carboxylic acids is 4. The fourth-order valence-electron chi connectivity index (χ4n) is 5.91. The monoisotopic (exact) mass is 682 g/mol. The van der Waals surface area contributed by atoms with E-state index in [1.165, 1.54) is 9.36 Å². The molecule has 0 saturated carbocycles. The van der Waals surface area contributed by atoms with E-state index in [0.29, 0.717) is 24.2 Å². The summed E-state index contributed by atoms with van der Waals surface area (Å²) in [4.78, 5) is 55.1. The molecule has 0 unspecified atom stereocenters. The number of hydrogen-bond donors (Lipinski definition) is 4. The van der Waals surface area contributed by atoms with E-state index in [1.807, 2.05) is 88.4 Å². The van der Waals surface area contributed by atoms with E-state index in [4.69, 9.17) is 0 Å². The van der Waals surface area contributed by atoms with Crippen molar-refractivity contribution in [3.05, 3.63) is 95.6 Å². The summed E-state index contributed by atoms with van der Waals surface area (Å²) < 4.78 is 2.95. The van der Waals surface area contributed by atoms with Gasteiger partial charge in [0.2, 0.25) is 23.6 Å². The highest BCUT2D eigenvalue weighted by molar-refractivity contribution is 5.90. The molecule has 0 aliphatic carbocycles. The summed E-state index contributed by atoms with van der Waals surface area (Å²) in [5.41, 5.74) is 2.62. The summed E-state index contributed by atoms with van der Waals surface area (Å²) in [6.07, 6.45) is 4.64. The van der Waals surface area contributed by atoms with Crippen LogP contribution in [-0.4, -0.2) is 65.7 Å². The first kappa shape index (κ1) is 35.9. The molecule has 4 bridgehead atoms. The molecule has 0 saturated heterocycles. The van der Waals surface area contributed by atoms with Gasteiger partial charge >= 0.3 is 0 Å². The molecule has 0 radical (unpaired) electrons. The Morgan fingerprint density at radius 1 is 0.600 bits per heavy atom. The highest BCUT2D eigenvalue weighted by Gasteiger charge is 2.31. The Labute approximate surface area is 291 Å². The topological polar surface area (TPSA) is 178 Å². The second kappa shape index (κ2) is 16.8. The lowest BCUT2D eigenvalue weighted by Crippen LogP contribution is -2.50. The zero-order valence-electron chi connectivity index (χ0n) is 29.0. The maximum absolute atomic E-state index is 13.9. The Morgan fingerprint density at radius 2 is 0.980 bits per heavy atom. The smallest absolute Gasteiger partial charge is 0.245 e. The lowest BCUT2D eigenvalue weighted by Gasteiger charge is -2.24. The maximum atomic E-state index is 13.9. The fraction of sp³-hybridized carbons (Fsp3) is 0.444. The lowest BCUT2D eigenvalue weighted by molar-refractivity contribution is -0.131. The molecule has 264 valence electrons. The van der Waals surface area contributed by atoms with Gasteiger partial charge in [-0.25, -0.2) is 9.36 Å². The Balaban J connectivity index is 1.48. The van der Waals surface area contributed by atoms with Gasteiger partial charge in [-0.15, -0.1) is 10.2 Å². The fourth-order valence-corrected chi connectivity index (χ4v) is 5.91. The molecule has 1 aliphatic rings. The van der Waals surface area contributed by atoms with E-state index in [-0.39, 0.29) is 49.6 Å². The minimum Gasteiger partial charge on any atom is -0.349 e. The molecule has 2 aromatic heterocycles. The van der Waals surface area contributed by atoms with E-state index >= 15 is 0 Å². The molecule has 0 spiro atoms. The molecular formula is C36H46N10O4. The van der Waals surface area contributed by atoms with Crippen molar-refractivity contribution < 1.29 is 19.2 Å². The minimum absolute atomic E-state index is 0.0247. The number of hydrogen-bond acceptors (Lipinski definition) is 8. The molecule has 14 heteroatoms. The van der Waals surface area contributed by atoms with Crippen molar-refractivity contribution in [2.45, 2.75) is 90.6 Å². The third kappa shape index (κ3) is 9.83. The SMILES string of the molecule is CC(C)C[C@@H]1C(=O)N[C@@H](Cc2ccccc2)C(=O)NCc2cn(nn2)[C@H](CC(C)C)C(=O)N[C@@H](Cc2ccccc2)C(=O)NCc2cn1nn2. The first-order valence-corrected chi connectivity index (χ1v) is 17.1. The average molecular weight is 683 g/mol. The van der Waals surface area contributed by atoms with Crippen LogP contribution in [0.1, 0.15) is 75.1 Å². The average Bonchev–Trinajstić information content (AvgIpc) is 3.77. The van der Waals surface area contributed by atoms with Crippen LogP contribution in [0.4, 0.5) is 0 Å². The number of nitrogens with one attached hydrogen (secondary N) is 4. The summed E-state index contributed by atoms with van der Waals surface area (Å²) >= 11 is 0. The highest BCUT2D eigenvalue weighted by atomic mass is 16.2. The van der Waals surface area contributed by atoms with Crippen molar-refractivity contribution in [2.24, 2.45) is 11.8 Å². The van der Waals surface area contributed by atoms with Gasteiger partial charge in [-0.05, 0) is 35.8 Å². The zero-order valence-corrected chi connectivity index (χ0v) is 29.0. The van der Waals surface area contributed by atoms with Crippen LogP contribution in [0.15, 0.2) is 73.1 Å². The van der Waals surface area contributed by atoms with Crippen LogP contribution in [0.5, 0.6) is 0 Å². The lowest BCUT2D eigenvalue weighted by atomic mass is 10.0. The van der Waals surface area contributed by atoms with Crippen molar-refractivity contribution in [1.82, 2.24) is 51.3 Å². The van der Waals surface area contributed by atoms with E-state index in [0.717, 1.165) is 11.1 Å². The highest BCUT2D eigenvalue weighted by Crippen LogP contribution is 2.20. The molecule has 2 aromatic carbocycles. The predicted molar refractivity (Wildman–Crippen MR) is 185 cm³/mol. The molecule has 4 atom stereocenters. The molecule has 4 N–H and O–H groups in total.